The molecule has 92 valence electrons. The predicted octanol–water partition coefficient (Wildman–Crippen LogP) is 3.28. The molecular formula is C13H17BrN2O. The zero-order valence-electron chi connectivity index (χ0n) is 10.2. The fraction of sp³-hybridized carbons (Fsp3) is 0.462. The van der Waals surface area contributed by atoms with Crippen LogP contribution in [0.5, 0.6) is 0 Å². The van der Waals surface area contributed by atoms with Crippen LogP contribution in [-0.2, 0) is 4.79 Å². The Morgan fingerprint density at radius 1 is 1.47 bits per heavy atom. The highest BCUT2D eigenvalue weighted by atomic mass is 79.9. The smallest absolute Gasteiger partial charge is 0.234 e. The van der Waals surface area contributed by atoms with Crippen LogP contribution in [0.3, 0.4) is 0 Å². The highest BCUT2D eigenvalue weighted by Gasteiger charge is 2.34. The van der Waals surface area contributed by atoms with E-state index in [1.54, 1.807) is 4.90 Å². The first-order valence-electron chi connectivity index (χ1n) is 5.92. The molecule has 1 aliphatic rings. The molecule has 0 saturated heterocycles. The van der Waals surface area contributed by atoms with Crippen LogP contribution in [0.4, 0.5) is 11.4 Å². The van der Waals surface area contributed by atoms with E-state index in [4.69, 9.17) is 5.73 Å². The molecule has 2 N–H and O–H groups in total. The van der Waals surface area contributed by atoms with Crippen LogP contribution >= 0.6 is 15.9 Å². The Morgan fingerprint density at radius 2 is 2.18 bits per heavy atom. The van der Waals surface area contributed by atoms with E-state index in [9.17, 15) is 4.79 Å². The summed E-state index contributed by atoms with van der Waals surface area (Å²) in [4.78, 5) is 13.9. The van der Waals surface area contributed by atoms with Crippen molar-refractivity contribution in [3.8, 4) is 0 Å². The molecule has 2 rings (SSSR count). The number of hydrogen-bond donors (Lipinski definition) is 1. The van der Waals surface area contributed by atoms with E-state index in [-0.39, 0.29) is 11.8 Å². The normalized spacial score (nSPS) is 18.6. The van der Waals surface area contributed by atoms with Gasteiger partial charge in [-0.3, -0.25) is 4.79 Å². The van der Waals surface area contributed by atoms with Gasteiger partial charge in [-0.05, 0) is 40.0 Å². The lowest BCUT2D eigenvalue weighted by atomic mass is 9.95. The molecule has 1 amide bonds. The van der Waals surface area contributed by atoms with Gasteiger partial charge < -0.3 is 10.6 Å². The van der Waals surface area contributed by atoms with Gasteiger partial charge in [0.2, 0.25) is 5.91 Å². The third kappa shape index (κ3) is 2.06. The Morgan fingerprint density at radius 3 is 2.82 bits per heavy atom. The number of nitrogens with zero attached hydrogens (tertiary/aromatic N) is 1. The molecule has 4 heteroatoms. The molecule has 0 spiro atoms. The molecule has 1 aliphatic heterocycles. The van der Waals surface area contributed by atoms with Crippen molar-refractivity contribution in [2.75, 3.05) is 17.7 Å². The summed E-state index contributed by atoms with van der Waals surface area (Å²) in [6, 6.07) is 3.87. The monoisotopic (exact) mass is 296 g/mol. The average molecular weight is 297 g/mol. The van der Waals surface area contributed by atoms with Crippen LogP contribution < -0.4 is 10.6 Å². The average Bonchev–Trinajstić information content (AvgIpc) is 2.52. The molecule has 0 fully saturated rings. The van der Waals surface area contributed by atoms with Gasteiger partial charge in [0.1, 0.15) is 0 Å². The van der Waals surface area contributed by atoms with E-state index in [1.807, 2.05) is 19.2 Å². The van der Waals surface area contributed by atoms with Crippen molar-refractivity contribution < 1.29 is 4.79 Å². The highest BCUT2D eigenvalue weighted by molar-refractivity contribution is 9.10. The number of amides is 1. The Labute approximate surface area is 110 Å². The largest absolute Gasteiger partial charge is 0.398 e. The van der Waals surface area contributed by atoms with Gasteiger partial charge in [-0.2, -0.15) is 0 Å². The van der Waals surface area contributed by atoms with E-state index in [0.29, 0.717) is 5.69 Å². The SMILES string of the molecule is CCCCC1C(=O)N(C)c2cc(N)c(Br)cc21. The van der Waals surface area contributed by atoms with Crippen molar-refractivity contribution in [2.24, 2.45) is 0 Å². The Bertz CT molecular complexity index is 459. The second kappa shape index (κ2) is 4.69. The van der Waals surface area contributed by atoms with Gasteiger partial charge in [-0.1, -0.05) is 19.8 Å². The van der Waals surface area contributed by atoms with Crippen molar-refractivity contribution >= 4 is 33.2 Å². The molecule has 1 aromatic rings. The second-order valence-corrected chi connectivity index (χ2v) is 5.38. The summed E-state index contributed by atoms with van der Waals surface area (Å²) in [7, 11) is 1.82. The molecule has 1 heterocycles. The fourth-order valence-corrected chi connectivity index (χ4v) is 2.70. The van der Waals surface area contributed by atoms with Crippen LogP contribution in [0.25, 0.3) is 0 Å². The summed E-state index contributed by atoms with van der Waals surface area (Å²) in [5, 5.41) is 0. The summed E-state index contributed by atoms with van der Waals surface area (Å²) in [5.74, 6) is 0.192. The van der Waals surface area contributed by atoms with Gasteiger partial charge in [0.15, 0.2) is 0 Å². The van der Waals surface area contributed by atoms with E-state index in [1.165, 1.54) is 0 Å². The maximum Gasteiger partial charge on any atom is 0.234 e. The summed E-state index contributed by atoms with van der Waals surface area (Å²) in [6.07, 6.45) is 3.10. The van der Waals surface area contributed by atoms with Crippen molar-refractivity contribution in [3.05, 3.63) is 22.2 Å². The van der Waals surface area contributed by atoms with E-state index in [0.717, 1.165) is 35.0 Å². The highest BCUT2D eigenvalue weighted by Crippen LogP contribution is 2.42. The van der Waals surface area contributed by atoms with Gasteiger partial charge in [-0.15, -0.1) is 0 Å². The van der Waals surface area contributed by atoms with Gasteiger partial charge in [-0.25, -0.2) is 0 Å². The lowest BCUT2D eigenvalue weighted by Crippen LogP contribution is -2.23. The van der Waals surface area contributed by atoms with E-state index >= 15 is 0 Å². The molecule has 0 radical (unpaired) electrons. The number of halogens is 1. The number of anilines is 2. The summed E-state index contributed by atoms with van der Waals surface area (Å²) >= 11 is 3.43. The lowest BCUT2D eigenvalue weighted by Gasteiger charge is -2.11. The number of hydrogen-bond acceptors (Lipinski definition) is 2. The van der Waals surface area contributed by atoms with Crippen molar-refractivity contribution in [2.45, 2.75) is 32.1 Å². The first kappa shape index (κ1) is 12.4. The Hall–Kier alpha value is -1.03. The Kier molecular flexibility index (Phi) is 3.43. The molecule has 17 heavy (non-hydrogen) atoms. The second-order valence-electron chi connectivity index (χ2n) is 4.52. The summed E-state index contributed by atoms with van der Waals surface area (Å²) in [6.45, 7) is 2.14. The predicted molar refractivity (Wildman–Crippen MR) is 74.2 cm³/mol. The molecule has 0 aromatic heterocycles. The van der Waals surface area contributed by atoms with Crippen LogP contribution in [0.15, 0.2) is 16.6 Å². The molecule has 0 bridgehead atoms. The van der Waals surface area contributed by atoms with E-state index < -0.39 is 0 Å². The minimum atomic E-state index is 0.00634. The molecule has 3 nitrogen and oxygen atoms in total. The van der Waals surface area contributed by atoms with Crippen LogP contribution in [0, 0.1) is 0 Å². The number of carbonyl (C=O) groups excluding carboxylic acids is 1. The number of fused-ring (bicyclic) bond motifs is 1. The fourth-order valence-electron chi connectivity index (χ4n) is 2.34. The zero-order valence-corrected chi connectivity index (χ0v) is 11.8. The van der Waals surface area contributed by atoms with Crippen molar-refractivity contribution in [1.82, 2.24) is 0 Å². The number of benzene rings is 1. The van der Waals surface area contributed by atoms with Crippen LogP contribution in [-0.4, -0.2) is 13.0 Å². The zero-order chi connectivity index (χ0) is 12.6. The first-order valence-corrected chi connectivity index (χ1v) is 6.72. The maximum absolute atomic E-state index is 12.2. The van der Waals surface area contributed by atoms with Crippen LogP contribution in [0.1, 0.15) is 37.7 Å². The number of nitrogen functional groups attached to an aromatic ring is 1. The molecule has 0 saturated carbocycles. The maximum atomic E-state index is 12.2. The van der Waals surface area contributed by atoms with E-state index in [2.05, 4.69) is 22.9 Å². The quantitative estimate of drug-likeness (QED) is 0.870. The van der Waals surface area contributed by atoms with Crippen molar-refractivity contribution in [3.63, 3.8) is 0 Å². The molecule has 1 atom stereocenters. The van der Waals surface area contributed by atoms with Gasteiger partial charge >= 0.3 is 0 Å². The summed E-state index contributed by atoms with van der Waals surface area (Å²) in [5.41, 5.74) is 8.60. The minimum absolute atomic E-state index is 0.00634. The number of nitrogens with two attached hydrogens (primary N) is 1. The third-order valence-corrected chi connectivity index (χ3v) is 4.04. The minimum Gasteiger partial charge on any atom is -0.398 e. The van der Waals surface area contributed by atoms with Crippen molar-refractivity contribution in [1.29, 1.82) is 0 Å². The molecular weight excluding hydrogens is 280 g/mol. The van der Waals surface area contributed by atoms with Gasteiger partial charge in [0.25, 0.3) is 0 Å². The number of likely N-dealkylation sites (N-methyl/N-ethyl adjacent to an activating group) is 1. The Balaban J connectivity index is 2.41. The van der Waals surface area contributed by atoms with Crippen LogP contribution in [0.2, 0.25) is 0 Å². The number of carbonyl (C=O) groups is 1. The number of unbranched alkanes of at least 4 members (excludes halogenated alkanes) is 1. The lowest BCUT2D eigenvalue weighted by molar-refractivity contribution is -0.119. The van der Waals surface area contributed by atoms with Gasteiger partial charge in [0, 0.05) is 22.9 Å². The standard InChI is InChI=1S/C13H17BrN2O/c1-3-4-5-8-9-6-10(14)11(15)7-12(9)16(2)13(8)17/h6-8H,3-5,15H2,1-2H3. The summed E-state index contributed by atoms with van der Waals surface area (Å²) < 4.78 is 0.876. The van der Waals surface area contributed by atoms with Gasteiger partial charge in [0.05, 0.1) is 5.92 Å². The molecule has 1 aromatic carbocycles. The third-order valence-electron chi connectivity index (χ3n) is 3.36. The molecule has 1 unspecified atom stereocenters. The topological polar surface area (TPSA) is 46.3 Å². The number of rotatable bonds is 3. The molecule has 0 aliphatic carbocycles. The first-order chi connectivity index (χ1) is 8.06.